The fourth-order valence-electron chi connectivity index (χ4n) is 2.36. The molecule has 0 radical (unpaired) electrons. The predicted molar refractivity (Wildman–Crippen MR) is 73.6 cm³/mol. The van der Waals surface area contributed by atoms with Gasteiger partial charge in [-0.3, -0.25) is 14.3 Å². The number of aliphatic hydroxyl groups excluding tert-OH is 2. The van der Waals surface area contributed by atoms with Crippen LogP contribution in [-0.2, 0) is 4.74 Å². The lowest BCUT2D eigenvalue weighted by Gasteiger charge is -2.27. The number of nitrogens with zero attached hydrogens (tertiary/aromatic N) is 1. The molecule has 120 valence electrons. The van der Waals surface area contributed by atoms with Crippen molar-refractivity contribution in [2.45, 2.75) is 37.0 Å². The third-order valence-corrected chi connectivity index (χ3v) is 3.45. The number of alkyl halides is 1. The summed E-state index contributed by atoms with van der Waals surface area (Å²) in [6, 6.07) is 1.07. The Morgan fingerprint density at radius 2 is 2.32 bits per heavy atom. The second-order valence-corrected chi connectivity index (χ2v) is 5.02. The molecular weight excluding hydrogens is 297 g/mol. The van der Waals surface area contributed by atoms with Gasteiger partial charge in [-0.1, -0.05) is 11.8 Å². The highest BCUT2D eigenvalue weighted by molar-refractivity contribution is 5.26. The molecule has 8 nitrogen and oxygen atoms in total. The zero-order valence-electron chi connectivity index (χ0n) is 11.7. The van der Waals surface area contributed by atoms with Gasteiger partial charge in [0.05, 0.1) is 6.10 Å². The van der Waals surface area contributed by atoms with Crippen LogP contribution in [0.1, 0.15) is 13.2 Å². The van der Waals surface area contributed by atoms with E-state index >= 15 is 0 Å². The van der Waals surface area contributed by atoms with E-state index in [-0.39, 0.29) is 0 Å². The molecule has 1 aromatic heterocycles. The largest absolute Gasteiger partial charge is 0.391 e. The Bertz CT molecular complexity index is 719. The number of aliphatic hydroxyl groups is 2. The molecule has 22 heavy (non-hydrogen) atoms. The Labute approximate surface area is 124 Å². The quantitative estimate of drug-likeness (QED) is 0.460. The van der Waals surface area contributed by atoms with E-state index in [1.807, 2.05) is 4.98 Å². The SMILES string of the molecule is C[C@H](O)[C@H]1O[C@@H](n2ccc(=O)[nH]c2=O)C(N)(C#CCF)[C@H]1O. The van der Waals surface area contributed by atoms with Gasteiger partial charge >= 0.3 is 5.69 Å². The first kappa shape index (κ1) is 16.4. The van der Waals surface area contributed by atoms with Crippen LogP contribution in [0.2, 0.25) is 0 Å². The topological polar surface area (TPSA) is 131 Å². The summed E-state index contributed by atoms with van der Waals surface area (Å²) in [6.07, 6.45) is -3.86. The van der Waals surface area contributed by atoms with E-state index in [4.69, 9.17) is 10.5 Å². The van der Waals surface area contributed by atoms with Gasteiger partial charge in [0.1, 0.15) is 18.9 Å². The van der Waals surface area contributed by atoms with Crippen molar-refractivity contribution in [2.75, 3.05) is 6.67 Å². The van der Waals surface area contributed by atoms with E-state index in [1.165, 1.54) is 6.92 Å². The van der Waals surface area contributed by atoms with E-state index in [2.05, 4.69) is 11.8 Å². The number of hydrogen-bond acceptors (Lipinski definition) is 6. The molecule has 1 saturated heterocycles. The number of rotatable bonds is 2. The van der Waals surface area contributed by atoms with Gasteiger partial charge in [-0.25, -0.2) is 9.18 Å². The molecule has 0 saturated carbocycles. The summed E-state index contributed by atoms with van der Waals surface area (Å²) in [6.45, 7) is 0.368. The normalized spacial score (nSPS) is 32.3. The molecule has 1 aromatic rings. The monoisotopic (exact) mass is 313 g/mol. The van der Waals surface area contributed by atoms with Crippen molar-refractivity contribution in [1.29, 1.82) is 0 Å². The average molecular weight is 313 g/mol. The number of hydrogen-bond donors (Lipinski definition) is 4. The molecule has 2 heterocycles. The molecule has 9 heteroatoms. The minimum Gasteiger partial charge on any atom is -0.391 e. The minimum absolute atomic E-state index is 0.621. The van der Waals surface area contributed by atoms with Crippen LogP contribution in [-0.4, -0.2) is 50.3 Å². The maximum atomic E-state index is 12.3. The molecule has 0 aliphatic carbocycles. The standard InChI is InChI=1S/C13H16FN3O5/c1-7(18)9-10(20)13(15,4-2-5-14)11(22-9)17-6-3-8(19)16-12(17)21/h3,6-7,9-11,18,20H,5,15H2,1H3,(H,16,19,21)/t7-,9+,10-,11+,13?/m0/s1. The van der Waals surface area contributed by atoms with Gasteiger partial charge < -0.3 is 20.7 Å². The Morgan fingerprint density at radius 3 is 2.86 bits per heavy atom. The molecule has 1 aliphatic heterocycles. The highest BCUT2D eigenvalue weighted by Crippen LogP contribution is 2.36. The first-order chi connectivity index (χ1) is 10.3. The molecule has 5 N–H and O–H groups in total. The number of aromatic nitrogens is 2. The number of halogens is 1. The minimum atomic E-state index is -1.82. The highest BCUT2D eigenvalue weighted by Gasteiger charge is 2.55. The Hall–Kier alpha value is -1.99. The van der Waals surface area contributed by atoms with Crippen LogP contribution < -0.4 is 17.0 Å². The van der Waals surface area contributed by atoms with Gasteiger partial charge in [0, 0.05) is 12.3 Å². The lowest BCUT2D eigenvalue weighted by atomic mass is 9.90. The molecule has 2 rings (SSSR count). The van der Waals surface area contributed by atoms with Crippen molar-refractivity contribution in [1.82, 2.24) is 9.55 Å². The summed E-state index contributed by atoms with van der Waals surface area (Å²) >= 11 is 0. The van der Waals surface area contributed by atoms with Crippen LogP contribution in [0, 0.1) is 11.8 Å². The van der Waals surface area contributed by atoms with Crippen LogP contribution in [0.5, 0.6) is 0 Å². The lowest BCUT2D eigenvalue weighted by molar-refractivity contribution is -0.0778. The van der Waals surface area contributed by atoms with Crippen molar-refractivity contribution < 1.29 is 19.3 Å². The summed E-state index contributed by atoms with van der Waals surface area (Å²) in [4.78, 5) is 25.0. The molecule has 1 aliphatic rings. The fraction of sp³-hybridized carbons (Fsp3) is 0.538. The van der Waals surface area contributed by atoms with Gasteiger partial charge in [-0.05, 0) is 6.92 Å². The molecule has 5 atom stereocenters. The molecule has 0 spiro atoms. The summed E-state index contributed by atoms with van der Waals surface area (Å²) < 4.78 is 18.7. The molecule has 1 fully saturated rings. The molecule has 0 amide bonds. The van der Waals surface area contributed by atoms with Crippen molar-refractivity contribution in [3.63, 3.8) is 0 Å². The summed E-state index contributed by atoms with van der Waals surface area (Å²) in [7, 11) is 0. The van der Waals surface area contributed by atoms with Crippen molar-refractivity contribution in [2.24, 2.45) is 5.73 Å². The Kier molecular flexibility index (Phi) is 4.48. The Morgan fingerprint density at radius 1 is 1.64 bits per heavy atom. The van der Waals surface area contributed by atoms with Gasteiger partial charge in [0.25, 0.3) is 5.56 Å². The smallest absolute Gasteiger partial charge is 0.330 e. The molecule has 1 unspecified atom stereocenters. The number of H-pyrrole nitrogens is 1. The maximum Gasteiger partial charge on any atom is 0.330 e. The highest BCUT2D eigenvalue weighted by atomic mass is 19.1. The summed E-state index contributed by atoms with van der Waals surface area (Å²) in [5.41, 5.74) is 2.75. The first-order valence-corrected chi connectivity index (χ1v) is 6.49. The Balaban J connectivity index is 2.55. The number of aromatic amines is 1. The van der Waals surface area contributed by atoms with Crippen LogP contribution in [0.25, 0.3) is 0 Å². The van der Waals surface area contributed by atoms with Crippen LogP contribution in [0.15, 0.2) is 21.9 Å². The second kappa shape index (κ2) is 6.02. The summed E-state index contributed by atoms with van der Waals surface area (Å²) in [5, 5.41) is 19.9. The third-order valence-electron chi connectivity index (χ3n) is 3.45. The number of ether oxygens (including phenoxy) is 1. The second-order valence-electron chi connectivity index (χ2n) is 5.02. The van der Waals surface area contributed by atoms with Gasteiger partial charge in [-0.2, -0.15) is 0 Å². The van der Waals surface area contributed by atoms with Gasteiger partial charge in [0.15, 0.2) is 11.8 Å². The van der Waals surface area contributed by atoms with E-state index in [9.17, 15) is 24.2 Å². The first-order valence-electron chi connectivity index (χ1n) is 6.49. The van der Waals surface area contributed by atoms with Crippen molar-refractivity contribution >= 4 is 0 Å². The molecule has 0 aromatic carbocycles. The maximum absolute atomic E-state index is 12.3. The third kappa shape index (κ3) is 2.69. The van der Waals surface area contributed by atoms with E-state index in [1.54, 1.807) is 0 Å². The average Bonchev–Trinajstić information content (AvgIpc) is 2.70. The lowest BCUT2D eigenvalue weighted by Crippen LogP contribution is -2.55. The van der Waals surface area contributed by atoms with Crippen LogP contribution in [0.3, 0.4) is 0 Å². The molecule has 0 bridgehead atoms. The summed E-state index contributed by atoms with van der Waals surface area (Å²) in [5.74, 6) is 4.45. The molecular formula is C13H16FN3O5. The van der Waals surface area contributed by atoms with Crippen LogP contribution >= 0.6 is 0 Å². The number of nitrogens with two attached hydrogens (primary N) is 1. The van der Waals surface area contributed by atoms with Crippen molar-refractivity contribution in [3.05, 3.63) is 33.1 Å². The van der Waals surface area contributed by atoms with E-state index < -0.39 is 48.0 Å². The fourth-order valence-corrected chi connectivity index (χ4v) is 2.36. The van der Waals surface area contributed by atoms with Crippen molar-refractivity contribution in [3.8, 4) is 11.8 Å². The van der Waals surface area contributed by atoms with Gasteiger partial charge in [0.2, 0.25) is 0 Å². The zero-order chi connectivity index (χ0) is 16.5. The van der Waals surface area contributed by atoms with E-state index in [0.29, 0.717) is 0 Å². The van der Waals surface area contributed by atoms with E-state index in [0.717, 1.165) is 16.8 Å². The zero-order valence-corrected chi connectivity index (χ0v) is 11.7. The van der Waals surface area contributed by atoms with Gasteiger partial charge in [-0.15, -0.1) is 0 Å². The van der Waals surface area contributed by atoms with Crippen LogP contribution in [0.4, 0.5) is 4.39 Å². The predicted octanol–water partition coefficient (Wildman–Crippen LogP) is -2.15. The number of nitrogens with one attached hydrogen (secondary N) is 1.